The SMILES string of the molecule is Cc1c([C@H](C)NC[C@H](Cc2ccc(F)cc2)C(N)=O)nnn1-c1ccc(F)cc1. The molecule has 0 aliphatic carbocycles. The predicted octanol–water partition coefficient (Wildman–Crippen LogP) is 2.85. The van der Waals surface area contributed by atoms with E-state index in [4.69, 9.17) is 5.73 Å². The maximum Gasteiger partial charge on any atom is 0.222 e. The summed E-state index contributed by atoms with van der Waals surface area (Å²) in [5.41, 5.74) is 8.62. The van der Waals surface area contributed by atoms with Gasteiger partial charge in [-0.1, -0.05) is 17.3 Å². The monoisotopic (exact) mass is 399 g/mol. The Hall–Kier alpha value is -3.13. The van der Waals surface area contributed by atoms with Gasteiger partial charge >= 0.3 is 0 Å². The number of rotatable bonds is 8. The number of nitrogens with zero attached hydrogens (tertiary/aromatic N) is 3. The molecule has 0 saturated heterocycles. The second-order valence-corrected chi connectivity index (χ2v) is 7.01. The Balaban J connectivity index is 1.67. The van der Waals surface area contributed by atoms with Crippen LogP contribution in [0.25, 0.3) is 5.69 Å². The first-order valence-electron chi connectivity index (χ1n) is 9.30. The maximum atomic E-state index is 13.1. The van der Waals surface area contributed by atoms with Crippen molar-refractivity contribution >= 4 is 5.91 Å². The van der Waals surface area contributed by atoms with Crippen LogP contribution in [0, 0.1) is 24.5 Å². The normalized spacial score (nSPS) is 13.2. The standard InChI is InChI=1S/C21H23F2N5O/c1-13(20-14(2)28(27-26-20)19-9-7-18(23)8-10-19)25-12-16(21(24)29)11-15-3-5-17(22)6-4-15/h3-10,13,16,25H,11-12H2,1-2H3,(H2,24,29)/t13-,16-/m0/s1. The van der Waals surface area contributed by atoms with Crippen molar-refractivity contribution in [3.8, 4) is 5.69 Å². The van der Waals surface area contributed by atoms with Crippen LogP contribution in [-0.2, 0) is 11.2 Å². The van der Waals surface area contributed by atoms with Crippen LogP contribution in [0.15, 0.2) is 48.5 Å². The Morgan fingerprint density at radius 2 is 1.69 bits per heavy atom. The van der Waals surface area contributed by atoms with Gasteiger partial charge < -0.3 is 11.1 Å². The van der Waals surface area contributed by atoms with Gasteiger partial charge in [0.25, 0.3) is 0 Å². The van der Waals surface area contributed by atoms with Crippen molar-refractivity contribution in [2.75, 3.05) is 6.54 Å². The molecule has 0 spiro atoms. The quantitative estimate of drug-likeness (QED) is 0.610. The van der Waals surface area contributed by atoms with Crippen molar-refractivity contribution < 1.29 is 13.6 Å². The molecule has 0 radical (unpaired) electrons. The van der Waals surface area contributed by atoms with E-state index in [-0.39, 0.29) is 17.7 Å². The molecule has 1 aromatic heterocycles. The first-order chi connectivity index (χ1) is 13.8. The van der Waals surface area contributed by atoms with Crippen LogP contribution in [0.4, 0.5) is 8.78 Å². The first-order valence-corrected chi connectivity index (χ1v) is 9.30. The van der Waals surface area contributed by atoms with Crippen molar-refractivity contribution in [2.24, 2.45) is 11.7 Å². The topological polar surface area (TPSA) is 85.8 Å². The number of carbonyl (C=O) groups is 1. The summed E-state index contributed by atoms with van der Waals surface area (Å²) in [4.78, 5) is 11.8. The Kier molecular flexibility index (Phi) is 6.33. The molecule has 0 aliphatic rings. The molecule has 0 saturated carbocycles. The van der Waals surface area contributed by atoms with E-state index in [2.05, 4.69) is 15.6 Å². The van der Waals surface area contributed by atoms with E-state index >= 15 is 0 Å². The number of carbonyl (C=O) groups excluding carboxylic acids is 1. The molecule has 0 aliphatic heterocycles. The average molecular weight is 399 g/mol. The fraction of sp³-hybridized carbons (Fsp3) is 0.286. The molecule has 152 valence electrons. The summed E-state index contributed by atoms with van der Waals surface area (Å²) in [7, 11) is 0. The molecule has 0 unspecified atom stereocenters. The third-order valence-electron chi connectivity index (χ3n) is 4.88. The molecule has 6 nitrogen and oxygen atoms in total. The minimum absolute atomic E-state index is 0.181. The summed E-state index contributed by atoms with van der Waals surface area (Å²) in [6, 6.07) is 11.8. The van der Waals surface area contributed by atoms with Crippen molar-refractivity contribution in [1.29, 1.82) is 0 Å². The fourth-order valence-electron chi connectivity index (χ4n) is 3.16. The van der Waals surface area contributed by atoms with Crippen molar-refractivity contribution in [2.45, 2.75) is 26.3 Å². The average Bonchev–Trinajstić information content (AvgIpc) is 3.08. The summed E-state index contributed by atoms with van der Waals surface area (Å²) in [5, 5.41) is 11.7. The van der Waals surface area contributed by atoms with Gasteiger partial charge in [0.05, 0.1) is 23.3 Å². The molecule has 2 atom stereocenters. The minimum atomic E-state index is -0.449. The van der Waals surface area contributed by atoms with E-state index in [0.29, 0.717) is 18.7 Å². The molecule has 8 heteroatoms. The third kappa shape index (κ3) is 5.03. The van der Waals surface area contributed by atoms with Gasteiger partial charge in [0.1, 0.15) is 17.3 Å². The van der Waals surface area contributed by atoms with Crippen LogP contribution in [-0.4, -0.2) is 27.4 Å². The highest BCUT2D eigenvalue weighted by Gasteiger charge is 2.20. The minimum Gasteiger partial charge on any atom is -0.369 e. The number of aromatic nitrogens is 3. The predicted molar refractivity (Wildman–Crippen MR) is 105 cm³/mol. The molecule has 2 aromatic carbocycles. The summed E-state index contributed by atoms with van der Waals surface area (Å²) in [6.45, 7) is 4.14. The highest BCUT2D eigenvalue weighted by molar-refractivity contribution is 5.77. The summed E-state index contributed by atoms with van der Waals surface area (Å²) in [6.07, 6.45) is 0.413. The number of nitrogens with one attached hydrogen (secondary N) is 1. The van der Waals surface area contributed by atoms with Crippen LogP contribution < -0.4 is 11.1 Å². The summed E-state index contributed by atoms with van der Waals surface area (Å²) >= 11 is 0. The lowest BCUT2D eigenvalue weighted by molar-refractivity contribution is -0.121. The van der Waals surface area contributed by atoms with Gasteiger partial charge in [0.15, 0.2) is 0 Å². The van der Waals surface area contributed by atoms with Crippen molar-refractivity contribution in [3.63, 3.8) is 0 Å². The highest BCUT2D eigenvalue weighted by atomic mass is 19.1. The molecule has 1 heterocycles. The Morgan fingerprint density at radius 1 is 1.10 bits per heavy atom. The maximum absolute atomic E-state index is 13.1. The van der Waals surface area contributed by atoms with Gasteiger partial charge in [-0.25, -0.2) is 13.5 Å². The molecule has 3 aromatic rings. The lowest BCUT2D eigenvalue weighted by Crippen LogP contribution is -2.35. The molecule has 1 amide bonds. The van der Waals surface area contributed by atoms with E-state index in [9.17, 15) is 13.6 Å². The second kappa shape index (κ2) is 8.91. The Bertz CT molecular complexity index is 970. The van der Waals surface area contributed by atoms with Crippen molar-refractivity contribution in [1.82, 2.24) is 20.3 Å². The van der Waals surface area contributed by atoms with E-state index < -0.39 is 11.8 Å². The van der Waals surface area contributed by atoms with Gasteiger partial charge in [-0.05, 0) is 62.2 Å². The highest BCUT2D eigenvalue weighted by Crippen LogP contribution is 2.19. The van der Waals surface area contributed by atoms with Gasteiger partial charge in [-0.2, -0.15) is 0 Å². The molecule has 3 N–H and O–H groups in total. The molecule has 0 fully saturated rings. The first kappa shape index (κ1) is 20.6. The molecule has 29 heavy (non-hydrogen) atoms. The Labute approximate surface area is 167 Å². The zero-order valence-electron chi connectivity index (χ0n) is 16.3. The van der Waals surface area contributed by atoms with Crippen LogP contribution in [0.2, 0.25) is 0 Å². The third-order valence-corrected chi connectivity index (χ3v) is 4.88. The smallest absolute Gasteiger partial charge is 0.222 e. The van der Waals surface area contributed by atoms with Crippen LogP contribution in [0.1, 0.15) is 29.9 Å². The largest absolute Gasteiger partial charge is 0.369 e. The number of amides is 1. The lowest BCUT2D eigenvalue weighted by atomic mass is 9.98. The number of halogens is 2. The molecular formula is C21H23F2N5O. The van der Waals surface area contributed by atoms with Gasteiger partial charge in [0, 0.05) is 6.54 Å². The van der Waals surface area contributed by atoms with Crippen LogP contribution >= 0.6 is 0 Å². The summed E-state index contributed by atoms with van der Waals surface area (Å²) < 4.78 is 27.8. The van der Waals surface area contributed by atoms with Crippen LogP contribution in [0.5, 0.6) is 0 Å². The fourth-order valence-corrected chi connectivity index (χ4v) is 3.16. The zero-order chi connectivity index (χ0) is 21.0. The number of primary amides is 1. The molecular weight excluding hydrogens is 376 g/mol. The van der Waals surface area contributed by atoms with E-state index in [1.165, 1.54) is 24.3 Å². The Morgan fingerprint density at radius 3 is 2.28 bits per heavy atom. The van der Waals surface area contributed by atoms with Gasteiger partial charge in [-0.15, -0.1) is 5.10 Å². The van der Waals surface area contributed by atoms with Crippen molar-refractivity contribution in [3.05, 3.63) is 77.1 Å². The number of hydrogen-bond donors (Lipinski definition) is 2. The van der Waals surface area contributed by atoms with Gasteiger partial charge in [0.2, 0.25) is 5.91 Å². The summed E-state index contributed by atoms with van der Waals surface area (Å²) in [5.74, 6) is -1.52. The number of nitrogens with two attached hydrogens (primary N) is 1. The van der Waals surface area contributed by atoms with Gasteiger partial charge in [-0.3, -0.25) is 4.79 Å². The van der Waals surface area contributed by atoms with E-state index in [1.54, 1.807) is 28.9 Å². The van der Waals surface area contributed by atoms with Crippen LogP contribution in [0.3, 0.4) is 0 Å². The second-order valence-electron chi connectivity index (χ2n) is 7.01. The van der Waals surface area contributed by atoms with E-state index in [1.807, 2.05) is 13.8 Å². The van der Waals surface area contributed by atoms with E-state index in [0.717, 1.165) is 17.0 Å². The molecule has 0 bridgehead atoms. The number of benzene rings is 2. The molecule has 3 rings (SSSR count). The zero-order valence-corrected chi connectivity index (χ0v) is 16.3. The lowest BCUT2D eigenvalue weighted by Gasteiger charge is -2.18. The number of hydrogen-bond acceptors (Lipinski definition) is 4.